The molecule has 1 rings (SSSR count). The Bertz CT molecular complexity index is 453. The molecule has 0 radical (unpaired) electrons. The van der Waals surface area contributed by atoms with Crippen LogP contribution in [-0.2, 0) is 10.4 Å². The third-order valence-electron chi connectivity index (χ3n) is 2.15. The highest BCUT2D eigenvalue weighted by Crippen LogP contribution is 2.31. The predicted molar refractivity (Wildman–Crippen MR) is 52.0 cm³/mol. The largest absolute Gasteiger partial charge is 0.502 e. The van der Waals surface area contributed by atoms with Gasteiger partial charge in [0.15, 0.2) is 11.4 Å². The second-order valence-corrected chi connectivity index (χ2v) is 3.34. The molecular formula is C9H9NO6. The molecule has 0 saturated carbocycles. The number of benzene rings is 1. The molecule has 0 saturated heterocycles. The zero-order chi connectivity index (χ0) is 12.5. The number of nitro benzene ring substituents is 1. The Morgan fingerprint density at radius 1 is 1.50 bits per heavy atom. The van der Waals surface area contributed by atoms with Crippen molar-refractivity contribution in [2.45, 2.75) is 12.5 Å². The van der Waals surface area contributed by atoms with E-state index in [1.165, 1.54) is 0 Å². The number of hydrogen-bond acceptors (Lipinski definition) is 5. The normalized spacial score (nSPS) is 14.1. The molecule has 0 spiro atoms. The minimum atomic E-state index is -2.24. The van der Waals surface area contributed by atoms with Crippen molar-refractivity contribution in [3.05, 3.63) is 33.9 Å². The van der Waals surface area contributed by atoms with Gasteiger partial charge in [0.05, 0.1) is 4.92 Å². The third-order valence-corrected chi connectivity index (χ3v) is 2.15. The number of aliphatic hydroxyl groups is 1. The first kappa shape index (κ1) is 11.9. The highest BCUT2D eigenvalue weighted by atomic mass is 16.6. The second kappa shape index (κ2) is 3.78. The molecule has 3 N–H and O–H groups in total. The van der Waals surface area contributed by atoms with Gasteiger partial charge in [-0.05, 0) is 13.0 Å². The van der Waals surface area contributed by atoms with Gasteiger partial charge in [0.25, 0.3) is 0 Å². The van der Waals surface area contributed by atoms with Gasteiger partial charge in [0.1, 0.15) is 0 Å². The van der Waals surface area contributed by atoms with Crippen molar-refractivity contribution in [3.63, 3.8) is 0 Å². The predicted octanol–water partition coefficient (Wildman–Crippen LogP) is 0.592. The van der Waals surface area contributed by atoms with Crippen LogP contribution >= 0.6 is 0 Å². The van der Waals surface area contributed by atoms with E-state index >= 15 is 0 Å². The summed E-state index contributed by atoms with van der Waals surface area (Å²) in [6.45, 7) is 0.992. The summed E-state index contributed by atoms with van der Waals surface area (Å²) in [5, 5.41) is 37.9. The van der Waals surface area contributed by atoms with Crippen molar-refractivity contribution in [3.8, 4) is 5.75 Å². The van der Waals surface area contributed by atoms with Gasteiger partial charge in [-0.2, -0.15) is 0 Å². The Morgan fingerprint density at radius 2 is 2.06 bits per heavy atom. The van der Waals surface area contributed by atoms with E-state index in [9.17, 15) is 20.0 Å². The fourth-order valence-corrected chi connectivity index (χ4v) is 1.10. The van der Waals surface area contributed by atoms with Crippen LogP contribution in [0.3, 0.4) is 0 Å². The quantitative estimate of drug-likeness (QED) is 0.513. The molecule has 1 atom stereocenters. The number of carboxylic acids is 1. The molecule has 86 valence electrons. The lowest BCUT2D eigenvalue weighted by atomic mass is 9.96. The van der Waals surface area contributed by atoms with Crippen LogP contribution in [0.4, 0.5) is 5.69 Å². The summed E-state index contributed by atoms with van der Waals surface area (Å²) in [5.74, 6) is -2.12. The first-order valence-electron chi connectivity index (χ1n) is 4.20. The van der Waals surface area contributed by atoms with Crippen molar-refractivity contribution in [1.82, 2.24) is 0 Å². The van der Waals surface area contributed by atoms with Gasteiger partial charge in [-0.25, -0.2) is 4.79 Å². The van der Waals surface area contributed by atoms with Gasteiger partial charge in [-0.3, -0.25) is 10.1 Å². The number of carbonyl (C=O) groups is 1. The fourth-order valence-electron chi connectivity index (χ4n) is 1.10. The fraction of sp³-hybridized carbons (Fsp3) is 0.222. The summed E-state index contributed by atoms with van der Waals surface area (Å²) >= 11 is 0. The number of nitrogens with zero attached hydrogens (tertiary/aromatic N) is 1. The van der Waals surface area contributed by atoms with E-state index in [4.69, 9.17) is 10.2 Å². The molecule has 0 bridgehead atoms. The molecule has 0 aliphatic heterocycles. The number of aromatic hydroxyl groups is 1. The van der Waals surface area contributed by atoms with E-state index in [1.807, 2.05) is 0 Å². The Labute approximate surface area is 89.7 Å². The molecule has 0 amide bonds. The highest BCUT2D eigenvalue weighted by Gasteiger charge is 2.34. The number of phenols is 1. The summed E-state index contributed by atoms with van der Waals surface area (Å²) in [6, 6.07) is 2.89. The lowest BCUT2D eigenvalue weighted by Crippen LogP contribution is -2.31. The van der Waals surface area contributed by atoms with Crippen LogP contribution in [0.1, 0.15) is 12.5 Å². The van der Waals surface area contributed by atoms with Gasteiger partial charge in [0, 0.05) is 11.6 Å². The van der Waals surface area contributed by atoms with Crippen molar-refractivity contribution in [1.29, 1.82) is 0 Å². The number of aliphatic carboxylic acids is 1. The molecule has 0 aromatic heterocycles. The van der Waals surface area contributed by atoms with Gasteiger partial charge in [0.2, 0.25) is 0 Å². The monoisotopic (exact) mass is 227 g/mol. The summed E-state index contributed by atoms with van der Waals surface area (Å²) in [7, 11) is 0. The summed E-state index contributed by atoms with van der Waals surface area (Å²) in [6.07, 6.45) is 0. The Balaban J connectivity index is 3.33. The molecule has 16 heavy (non-hydrogen) atoms. The first-order chi connectivity index (χ1) is 7.26. The van der Waals surface area contributed by atoms with Crippen LogP contribution in [0.2, 0.25) is 0 Å². The average Bonchev–Trinajstić information content (AvgIpc) is 2.17. The average molecular weight is 227 g/mol. The van der Waals surface area contributed by atoms with Crippen LogP contribution in [-0.4, -0.2) is 26.2 Å². The molecule has 0 heterocycles. The molecule has 1 aromatic rings. The maximum Gasteiger partial charge on any atom is 0.340 e. The first-order valence-corrected chi connectivity index (χ1v) is 4.20. The minimum absolute atomic E-state index is 0.176. The van der Waals surface area contributed by atoms with Crippen molar-refractivity contribution in [2.24, 2.45) is 0 Å². The summed E-state index contributed by atoms with van der Waals surface area (Å²) in [4.78, 5) is 20.3. The number of rotatable bonds is 3. The zero-order valence-electron chi connectivity index (χ0n) is 8.25. The number of nitro groups is 1. The smallest absolute Gasteiger partial charge is 0.340 e. The number of phenolic OH excluding ortho intramolecular Hbond substituents is 1. The standard InChI is InChI=1S/C9H9NO6/c1-9(14,8(12)13)5-2-3-7(11)6(4-5)10(15)16/h2-4,11,14H,1H3,(H,12,13). The van der Waals surface area contributed by atoms with E-state index in [2.05, 4.69) is 0 Å². The van der Waals surface area contributed by atoms with Gasteiger partial charge in [-0.1, -0.05) is 6.07 Å². The van der Waals surface area contributed by atoms with Crippen LogP contribution in [0.5, 0.6) is 5.75 Å². The van der Waals surface area contributed by atoms with Crippen molar-refractivity contribution < 1.29 is 25.0 Å². The maximum absolute atomic E-state index is 10.7. The van der Waals surface area contributed by atoms with E-state index < -0.39 is 27.9 Å². The highest BCUT2D eigenvalue weighted by molar-refractivity contribution is 5.79. The summed E-state index contributed by atoms with van der Waals surface area (Å²) < 4.78 is 0. The molecule has 1 unspecified atom stereocenters. The van der Waals surface area contributed by atoms with E-state index in [1.54, 1.807) is 0 Å². The summed E-state index contributed by atoms with van der Waals surface area (Å²) in [5.41, 5.74) is -3.07. The molecule has 0 fully saturated rings. The lowest BCUT2D eigenvalue weighted by Gasteiger charge is -2.17. The molecule has 1 aromatic carbocycles. The SMILES string of the molecule is CC(O)(C(=O)O)c1ccc(O)c([N+](=O)[O-])c1. The van der Waals surface area contributed by atoms with Crippen LogP contribution in [0, 0.1) is 10.1 Å². The topological polar surface area (TPSA) is 121 Å². The van der Waals surface area contributed by atoms with Crippen molar-refractivity contribution in [2.75, 3.05) is 0 Å². The van der Waals surface area contributed by atoms with E-state index in [0.717, 1.165) is 25.1 Å². The number of hydrogen-bond donors (Lipinski definition) is 3. The molecule has 0 aliphatic rings. The van der Waals surface area contributed by atoms with E-state index in [0.29, 0.717) is 0 Å². The van der Waals surface area contributed by atoms with Crippen LogP contribution in [0.15, 0.2) is 18.2 Å². The molecule has 7 heteroatoms. The molecule has 0 aliphatic carbocycles. The van der Waals surface area contributed by atoms with Gasteiger partial charge < -0.3 is 15.3 Å². The molecular weight excluding hydrogens is 218 g/mol. The van der Waals surface area contributed by atoms with Crippen LogP contribution < -0.4 is 0 Å². The van der Waals surface area contributed by atoms with E-state index in [-0.39, 0.29) is 5.56 Å². The van der Waals surface area contributed by atoms with Gasteiger partial charge >= 0.3 is 11.7 Å². The number of carboxylic acid groups (broad SMARTS) is 1. The zero-order valence-corrected chi connectivity index (χ0v) is 8.25. The van der Waals surface area contributed by atoms with Crippen molar-refractivity contribution >= 4 is 11.7 Å². The lowest BCUT2D eigenvalue weighted by molar-refractivity contribution is -0.386. The van der Waals surface area contributed by atoms with Crippen LogP contribution in [0.25, 0.3) is 0 Å². The Hall–Kier alpha value is -2.15. The van der Waals surface area contributed by atoms with Gasteiger partial charge in [-0.15, -0.1) is 0 Å². The second-order valence-electron chi connectivity index (χ2n) is 3.34. The maximum atomic E-state index is 10.7. The molecule has 7 nitrogen and oxygen atoms in total. The Kier molecular flexibility index (Phi) is 2.82. The Morgan fingerprint density at radius 3 is 2.50 bits per heavy atom. The minimum Gasteiger partial charge on any atom is -0.502 e. The third kappa shape index (κ3) is 1.94.